The summed E-state index contributed by atoms with van der Waals surface area (Å²) in [4.78, 5) is 5.39. The molecular weight excluding hydrogens is 344 g/mol. The third kappa shape index (κ3) is 3.00. The van der Waals surface area contributed by atoms with Crippen LogP contribution in [-0.4, -0.2) is 36.7 Å². The Hall–Kier alpha value is -1.67. The second kappa shape index (κ2) is 6.00. The minimum absolute atomic E-state index is 0.0561. The van der Waals surface area contributed by atoms with E-state index in [9.17, 15) is 8.42 Å². The van der Waals surface area contributed by atoms with Crippen molar-refractivity contribution >= 4 is 33.0 Å². The molecule has 6 nitrogen and oxygen atoms in total. The third-order valence-corrected chi connectivity index (χ3v) is 7.73. The summed E-state index contributed by atoms with van der Waals surface area (Å²) in [6.07, 6.45) is 5.59. The van der Waals surface area contributed by atoms with Crippen LogP contribution in [0.15, 0.2) is 28.6 Å². The van der Waals surface area contributed by atoms with Crippen LogP contribution in [0.4, 0.5) is 0 Å². The largest absolute Gasteiger partial charge is 0.369 e. The summed E-state index contributed by atoms with van der Waals surface area (Å²) in [7, 11) is -3.47. The van der Waals surface area contributed by atoms with E-state index in [-0.39, 0.29) is 17.6 Å². The van der Waals surface area contributed by atoms with Crippen LogP contribution in [0.2, 0.25) is 0 Å². The normalized spacial score (nSPS) is 29.6. The molecule has 8 heteroatoms. The number of nitrogens with one attached hydrogen (secondary N) is 1. The predicted octanol–water partition coefficient (Wildman–Crippen LogP) is 2.40. The Labute approximate surface area is 146 Å². The van der Waals surface area contributed by atoms with Gasteiger partial charge in [-0.2, -0.15) is 0 Å². The summed E-state index contributed by atoms with van der Waals surface area (Å²) < 4.78 is 26.1. The summed E-state index contributed by atoms with van der Waals surface area (Å²) in [6.45, 7) is 3.85. The van der Waals surface area contributed by atoms with E-state index < -0.39 is 15.6 Å². The molecule has 1 aliphatic carbocycles. The molecule has 130 valence electrons. The number of allylic oxidation sites excluding steroid dienone is 2. The highest BCUT2D eigenvalue weighted by molar-refractivity contribution is 7.89. The first kappa shape index (κ1) is 17.2. The summed E-state index contributed by atoms with van der Waals surface area (Å²) in [6, 6.07) is 2.02. The Morgan fingerprint density at radius 1 is 1.54 bits per heavy atom. The van der Waals surface area contributed by atoms with Crippen molar-refractivity contribution in [2.45, 2.75) is 38.1 Å². The van der Waals surface area contributed by atoms with Crippen molar-refractivity contribution in [2.75, 3.05) is 12.3 Å². The first-order valence-electron chi connectivity index (χ1n) is 7.93. The fraction of sp³-hybridized carbons (Fsp3) is 0.500. The van der Waals surface area contributed by atoms with Crippen LogP contribution in [0.5, 0.6) is 0 Å². The lowest BCUT2D eigenvalue weighted by atomic mass is 9.89. The smallest absolute Gasteiger partial charge is 0.240 e. The Morgan fingerprint density at radius 3 is 2.92 bits per heavy atom. The number of nitrogens with two attached hydrogens (primary N) is 1. The van der Waals surface area contributed by atoms with Crippen LogP contribution in [0, 0.1) is 5.41 Å². The molecule has 0 radical (unpaired) electrons. The van der Waals surface area contributed by atoms with Crippen LogP contribution < -0.4 is 5.73 Å². The molecule has 3 N–H and O–H groups in total. The van der Waals surface area contributed by atoms with Crippen molar-refractivity contribution in [2.24, 2.45) is 10.7 Å². The lowest BCUT2D eigenvalue weighted by Gasteiger charge is -2.34. The standard InChI is InChI=1S/C16H22N4O2S2/c1-3-20-15(18)19-16(2,10-24(20,21)22)14-8-12(9-23-14)11-5-4-6-13(17)7-11/h4-5,8-9,11,17H,3,6-7,10H2,1-2H3,(H2,18,19). The second-order valence-electron chi connectivity index (χ2n) is 6.46. The highest BCUT2D eigenvalue weighted by Crippen LogP contribution is 2.38. The molecule has 0 spiro atoms. The maximum atomic E-state index is 12.5. The van der Waals surface area contributed by atoms with Crippen molar-refractivity contribution in [3.05, 3.63) is 34.0 Å². The van der Waals surface area contributed by atoms with Crippen molar-refractivity contribution < 1.29 is 8.42 Å². The van der Waals surface area contributed by atoms with E-state index in [2.05, 4.69) is 11.1 Å². The zero-order chi connectivity index (χ0) is 17.5. The first-order valence-corrected chi connectivity index (χ1v) is 10.4. The summed E-state index contributed by atoms with van der Waals surface area (Å²) in [5.74, 6) is 0.166. The minimum Gasteiger partial charge on any atom is -0.369 e. The van der Waals surface area contributed by atoms with Crippen molar-refractivity contribution in [3.63, 3.8) is 0 Å². The van der Waals surface area contributed by atoms with Gasteiger partial charge in [-0.1, -0.05) is 12.2 Å². The van der Waals surface area contributed by atoms with Crippen LogP contribution >= 0.6 is 11.3 Å². The van der Waals surface area contributed by atoms with Gasteiger partial charge < -0.3 is 11.1 Å². The average molecular weight is 367 g/mol. The van der Waals surface area contributed by atoms with Gasteiger partial charge in [-0.25, -0.2) is 17.7 Å². The molecule has 0 saturated heterocycles. The molecule has 0 fully saturated rings. The number of rotatable bonds is 3. The van der Waals surface area contributed by atoms with Crippen LogP contribution in [0.3, 0.4) is 0 Å². The number of hydrogen-bond donors (Lipinski definition) is 2. The first-order chi connectivity index (χ1) is 11.2. The van der Waals surface area contributed by atoms with Gasteiger partial charge in [0.15, 0.2) is 0 Å². The molecule has 2 heterocycles. The number of sulfonamides is 1. The number of thiophene rings is 1. The number of guanidine groups is 1. The monoisotopic (exact) mass is 366 g/mol. The van der Waals surface area contributed by atoms with Crippen LogP contribution in [0.25, 0.3) is 0 Å². The molecule has 1 aromatic rings. The van der Waals surface area contributed by atoms with Crippen molar-refractivity contribution in [1.82, 2.24) is 4.31 Å². The van der Waals surface area contributed by atoms with Crippen LogP contribution in [0.1, 0.15) is 43.0 Å². The highest BCUT2D eigenvalue weighted by atomic mass is 32.2. The van der Waals surface area contributed by atoms with E-state index >= 15 is 0 Å². The van der Waals surface area contributed by atoms with E-state index in [0.29, 0.717) is 6.54 Å². The molecule has 1 aromatic heterocycles. The number of aliphatic imine (C=N–C) groups is 1. The highest BCUT2D eigenvalue weighted by Gasteiger charge is 2.42. The molecular formula is C16H22N4O2S2. The Morgan fingerprint density at radius 2 is 2.29 bits per heavy atom. The molecule has 0 saturated carbocycles. The topological polar surface area (TPSA) is 99.6 Å². The summed E-state index contributed by atoms with van der Waals surface area (Å²) in [5.41, 5.74) is 6.89. The van der Waals surface area contributed by atoms with Gasteiger partial charge in [0.2, 0.25) is 16.0 Å². The SMILES string of the molecule is CCN1C(N)=NC(C)(c2cc(C3C=CCC(=N)C3)cs2)CS1(=O)=O. The maximum Gasteiger partial charge on any atom is 0.240 e. The van der Waals surface area contributed by atoms with E-state index in [0.717, 1.165) is 33.3 Å². The van der Waals surface area contributed by atoms with Gasteiger partial charge in [-0.15, -0.1) is 11.3 Å². The Bertz CT molecular complexity index is 825. The van der Waals surface area contributed by atoms with Gasteiger partial charge in [-0.3, -0.25) is 0 Å². The summed E-state index contributed by atoms with van der Waals surface area (Å²) in [5, 5.41) is 9.90. The zero-order valence-corrected chi connectivity index (χ0v) is 15.5. The van der Waals surface area contributed by atoms with Crippen molar-refractivity contribution in [1.29, 1.82) is 5.41 Å². The fourth-order valence-corrected chi connectivity index (χ4v) is 6.23. The zero-order valence-electron chi connectivity index (χ0n) is 13.8. The predicted molar refractivity (Wildman–Crippen MR) is 98.3 cm³/mol. The molecule has 3 rings (SSSR count). The van der Waals surface area contributed by atoms with Gasteiger partial charge in [-0.05, 0) is 37.3 Å². The molecule has 0 amide bonds. The molecule has 2 unspecified atom stereocenters. The molecule has 24 heavy (non-hydrogen) atoms. The van der Waals surface area contributed by atoms with E-state index in [1.807, 2.05) is 24.4 Å². The van der Waals surface area contributed by atoms with Gasteiger partial charge in [0.1, 0.15) is 5.54 Å². The number of nitrogens with zero attached hydrogens (tertiary/aromatic N) is 2. The third-order valence-electron chi connectivity index (χ3n) is 4.48. The van der Waals surface area contributed by atoms with E-state index in [1.165, 1.54) is 11.3 Å². The van der Waals surface area contributed by atoms with Crippen LogP contribution in [-0.2, 0) is 15.6 Å². The molecule has 0 aromatic carbocycles. The molecule has 2 atom stereocenters. The van der Waals surface area contributed by atoms with Crippen molar-refractivity contribution in [3.8, 4) is 0 Å². The van der Waals surface area contributed by atoms with Gasteiger partial charge in [0.05, 0.1) is 5.75 Å². The minimum atomic E-state index is -3.47. The number of hydrogen-bond acceptors (Lipinski definition) is 6. The molecule has 2 aliphatic rings. The average Bonchev–Trinajstić information content (AvgIpc) is 2.96. The van der Waals surface area contributed by atoms with E-state index in [1.54, 1.807) is 6.92 Å². The summed E-state index contributed by atoms with van der Waals surface area (Å²) >= 11 is 1.51. The molecule has 0 bridgehead atoms. The Kier molecular flexibility index (Phi) is 4.29. The second-order valence-corrected chi connectivity index (χ2v) is 9.26. The fourth-order valence-electron chi connectivity index (χ4n) is 3.25. The lowest BCUT2D eigenvalue weighted by Crippen LogP contribution is -2.51. The van der Waals surface area contributed by atoms with Gasteiger partial charge >= 0.3 is 0 Å². The Balaban J connectivity index is 1.95. The van der Waals surface area contributed by atoms with Gasteiger partial charge in [0, 0.05) is 29.5 Å². The molecule has 1 aliphatic heterocycles. The lowest BCUT2D eigenvalue weighted by molar-refractivity contribution is 0.465. The van der Waals surface area contributed by atoms with E-state index in [4.69, 9.17) is 11.1 Å². The quantitative estimate of drug-likeness (QED) is 0.803. The maximum absolute atomic E-state index is 12.5. The van der Waals surface area contributed by atoms with Gasteiger partial charge in [0.25, 0.3) is 0 Å².